The Labute approximate surface area is 120 Å². The minimum Gasteiger partial charge on any atom is -0.380 e. The summed E-state index contributed by atoms with van der Waals surface area (Å²) in [4.78, 5) is 2.65. The molecule has 0 radical (unpaired) electrons. The summed E-state index contributed by atoms with van der Waals surface area (Å²) >= 11 is 0. The van der Waals surface area contributed by atoms with Crippen LogP contribution in [-0.4, -0.2) is 49.8 Å². The molecule has 1 fully saturated rings. The smallest absolute Gasteiger partial charge is 0.0670 e. The lowest BCUT2D eigenvalue weighted by atomic mass is 9.83. The quantitative estimate of drug-likeness (QED) is 0.831. The molecule has 0 aromatic heterocycles. The van der Waals surface area contributed by atoms with E-state index in [2.05, 4.69) is 51.8 Å². The normalized spacial score (nSPS) is 29.2. The minimum atomic E-state index is 0.310. The summed E-state index contributed by atoms with van der Waals surface area (Å²) in [6.45, 7) is 17.1. The van der Waals surface area contributed by atoms with Crippen LogP contribution in [0.15, 0.2) is 0 Å². The maximum Gasteiger partial charge on any atom is 0.0670 e. The number of nitrogens with one attached hydrogen (secondary N) is 1. The standard InChI is InChI=1S/C16H34N2O/c1-8-12(2)14-9-17-15(16(4,5)6)11-18(14)10-13(3)19-7/h12-15,17H,8-11H2,1-7H3. The van der Waals surface area contributed by atoms with E-state index in [-0.39, 0.29) is 0 Å². The van der Waals surface area contributed by atoms with Crippen LogP contribution in [0.5, 0.6) is 0 Å². The van der Waals surface area contributed by atoms with E-state index >= 15 is 0 Å². The molecule has 1 heterocycles. The van der Waals surface area contributed by atoms with Gasteiger partial charge in [0.25, 0.3) is 0 Å². The molecular weight excluding hydrogens is 236 g/mol. The van der Waals surface area contributed by atoms with E-state index in [1.165, 1.54) is 6.42 Å². The first-order valence-electron chi connectivity index (χ1n) is 7.79. The van der Waals surface area contributed by atoms with Gasteiger partial charge in [-0.15, -0.1) is 0 Å². The zero-order valence-corrected chi connectivity index (χ0v) is 14.0. The van der Waals surface area contributed by atoms with Gasteiger partial charge in [-0.2, -0.15) is 0 Å². The Morgan fingerprint density at radius 1 is 1.32 bits per heavy atom. The van der Waals surface area contributed by atoms with Gasteiger partial charge in [0.2, 0.25) is 0 Å². The average Bonchev–Trinajstić information content (AvgIpc) is 2.36. The number of nitrogens with zero attached hydrogens (tertiary/aromatic N) is 1. The Bertz CT molecular complexity index is 262. The molecule has 1 aliphatic rings. The van der Waals surface area contributed by atoms with Crippen molar-refractivity contribution in [3.63, 3.8) is 0 Å². The second kappa shape index (κ2) is 7.05. The average molecular weight is 270 g/mol. The van der Waals surface area contributed by atoms with Crippen LogP contribution in [0.4, 0.5) is 0 Å². The minimum absolute atomic E-state index is 0.310. The molecule has 0 amide bonds. The van der Waals surface area contributed by atoms with Crippen LogP contribution in [0.1, 0.15) is 48.0 Å². The highest BCUT2D eigenvalue weighted by Gasteiger charge is 2.36. The molecule has 4 unspecified atom stereocenters. The highest BCUT2D eigenvalue weighted by Crippen LogP contribution is 2.26. The fourth-order valence-corrected chi connectivity index (χ4v) is 2.85. The van der Waals surface area contributed by atoms with Crippen LogP contribution in [0.2, 0.25) is 0 Å². The Morgan fingerprint density at radius 2 is 1.95 bits per heavy atom. The Balaban J connectivity index is 2.74. The summed E-state index contributed by atoms with van der Waals surface area (Å²) in [5.41, 5.74) is 0.314. The van der Waals surface area contributed by atoms with Crippen LogP contribution in [0, 0.1) is 11.3 Å². The number of hydrogen-bond acceptors (Lipinski definition) is 3. The van der Waals surface area contributed by atoms with Gasteiger partial charge in [-0.3, -0.25) is 4.90 Å². The second-order valence-electron chi connectivity index (χ2n) is 7.28. The van der Waals surface area contributed by atoms with Gasteiger partial charge >= 0.3 is 0 Å². The van der Waals surface area contributed by atoms with Crippen molar-refractivity contribution in [1.29, 1.82) is 0 Å². The third-order valence-corrected chi connectivity index (χ3v) is 4.70. The van der Waals surface area contributed by atoms with E-state index in [4.69, 9.17) is 4.74 Å². The lowest BCUT2D eigenvalue weighted by Gasteiger charge is -2.47. The molecule has 19 heavy (non-hydrogen) atoms. The predicted octanol–water partition coefficient (Wildman–Crippen LogP) is 2.76. The molecule has 1 saturated heterocycles. The monoisotopic (exact) mass is 270 g/mol. The molecule has 0 aromatic rings. The molecule has 0 aromatic carbocycles. The summed E-state index contributed by atoms with van der Waals surface area (Å²) < 4.78 is 5.47. The molecule has 4 atom stereocenters. The summed E-state index contributed by atoms with van der Waals surface area (Å²) in [5.74, 6) is 0.734. The number of ether oxygens (including phenoxy) is 1. The van der Waals surface area contributed by atoms with Crippen molar-refractivity contribution in [1.82, 2.24) is 10.2 Å². The molecule has 3 heteroatoms. The van der Waals surface area contributed by atoms with Crippen LogP contribution < -0.4 is 5.32 Å². The highest BCUT2D eigenvalue weighted by molar-refractivity contribution is 4.93. The Morgan fingerprint density at radius 3 is 2.42 bits per heavy atom. The summed E-state index contributed by atoms with van der Waals surface area (Å²) in [6.07, 6.45) is 1.55. The Kier molecular flexibility index (Phi) is 6.28. The van der Waals surface area contributed by atoms with Crippen molar-refractivity contribution >= 4 is 0 Å². The fourth-order valence-electron chi connectivity index (χ4n) is 2.85. The van der Waals surface area contributed by atoms with Crippen molar-refractivity contribution in [2.75, 3.05) is 26.7 Å². The van der Waals surface area contributed by atoms with Crippen LogP contribution in [0.25, 0.3) is 0 Å². The van der Waals surface area contributed by atoms with Gasteiger partial charge in [-0.1, -0.05) is 41.0 Å². The van der Waals surface area contributed by atoms with Gasteiger partial charge in [-0.25, -0.2) is 0 Å². The topological polar surface area (TPSA) is 24.5 Å². The van der Waals surface area contributed by atoms with E-state index in [0.29, 0.717) is 23.6 Å². The zero-order chi connectivity index (χ0) is 14.6. The molecule has 0 saturated carbocycles. The van der Waals surface area contributed by atoms with E-state index in [9.17, 15) is 0 Å². The van der Waals surface area contributed by atoms with E-state index in [0.717, 1.165) is 25.6 Å². The highest BCUT2D eigenvalue weighted by atomic mass is 16.5. The maximum absolute atomic E-state index is 5.47. The van der Waals surface area contributed by atoms with Gasteiger partial charge in [-0.05, 0) is 18.3 Å². The summed E-state index contributed by atoms with van der Waals surface area (Å²) in [7, 11) is 1.81. The lowest BCUT2D eigenvalue weighted by Crippen LogP contribution is -2.62. The van der Waals surface area contributed by atoms with Crippen molar-refractivity contribution in [2.24, 2.45) is 11.3 Å². The van der Waals surface area contributed by atoms with E-state index < -0.39 is 0 Å². The fraction of sp³-hybridized carbons (Fsp3) is 1.00. The van der Waals surface area contributed by atoms with Gasteiger partial charge in [0.05, 0.1) is 6.10 Å². The first kappa shape index (κ1) is 16.9. The van der Waals surface area contributed by atoms with Crippen LogP contribution >= 0.6 is 0 Å². The molecule has 1 N–H and O–H groups in total. The largest absolute Gasteiger partial charge is 0.380 e. The second-order valence-corrected chi connectivity index (χ2v) is 7.28. The molecule has 1 aliphatic heterocycles. The number of piperazine rings is 1. The van der Waals surface area contributed by atoms with E-state index in [1.807, 2.05) is 7.11 Å². The molecule has 0 spiro atoms. The Hall–Kier alpha value is -0.120. The van der Waals surface area contributed by atoms with Gasteiger partial charge < -0.3 is 10.1 Å². The molecule has 0 bridgehead atoms. The number of hydrogen-bond donors (Lipinski definition) is 1. The maximum atomic E-state index is 5.47. The lowest BCUT2D eigenvalue weighted by molar-refractivity contribution is 0.0103. The van der Waals surface area contributed by atoms with Gasteiger partial charge in [0, 0.05) is 38.8 Å². The molecule has 0 aliphatic carbocycles. The van der Waals surface area contributed by atoms with Gasteiger partial charge in [0.1, 0.15) is 0 Å². The van der Waals surface area contributed by atoms with Crippen LogP contribution in [-0.2, 0) is 4.74 Å². The van der Waals surface area contributed by atoms with Crippen molar-refractivity contribution in [3.05, 3.63) is 0 Å². The predicted molar refractivity (Wildman–Crippen MR) is 82.5 cm³/mol. The molecule has 114 valence electrons. The number of rotatable bonds is 5. The first-order valence-corrected chi connectivity index (χ1v) is 7.79. The SMILES string of the molecule is CCC(C)C1CNC(C(C)(C)C)CN1CC(C)OC. The first-order chi connectivity index (χ1) is 8.79. The third kappa shape index (κ3) is 4.73. The molecule has 3 nitrogen and oxygen atoms in total. The van der Waals surface area contributed by atoms with E-state index in [1.54, 1.807) is 0 Å². The van der Waals surface area contributed by atoms with Crippen LogP contribution in [0.3, 0.4) is 0 Å². The number of methoxy groups -OCH3 is 1. The third-order valence-electron chi connectivity index (χ3n) is 4.70. The molecule has 1 rings (SSSR count). The van der Waals surface area contributed by atoms with Crippen molar-refractivity contribution < 1.29 is 4.74 Å². The van der Waals surface area contributed by atoms with Crippen molar-refractivity contribution in [3.8, 4) is 0 Å². The summed E-state index contributed by atoms with van der Waals surface area (Å²) in [6, 6.07) is 1.21. The van der Waals surface area contributed by atoms with Gasteiger partial charge in [0.15, 0.2) is 0 Å². The molecular formula is C16H34N2O. The summed E-state index contributed by atoms with van der Waals surface area (Å²) in [5, 5.41) is 3.76. The zero-order valence-electron chi connectivity index (χ0n) is 14.0. The van der Waals surface area contributed by atoms with Crippen molar-refractivity contribution in [2.45, 2.75) is 66.2 Å².